The summed E-state index contributed by atoms with van der Waals surface area (Å²) in [5.41, 5.74) is 4.33. The van der Waals surface area contributed by atoms with Gasteiger partial charge in [-0.3, -0.25) is 9.59 Å². The van der Waals surface area contributed by atoms with Crippen molar-refractivity contribution in [1.29, 1.82) is 0 Å². The molecule has 2 N–H and O–H groups in total. The summed E-state index contributed by atoms with van der Waals surface area (Å²) < 4.78 is 29.5. The summed E-state index contributed by atoms with van der Waals surface area (Å²) >= 11 is 0. The summed E-state index contributed by atoms with van der Waals surface area (Å²) in [7, 11) is -3.44. The number of benzene rings is 2. The van der Waals surface area contributed by atoms with Gasteiger partial charge in [0.25, 0.3) is 0 Å². The maximum absolute atomic E-state index is 13.1. The molecule has 35 heavy (non-hydrogen) atoms. The molecule has 9 nitrogen and oxygen atoms in total. The molecule has 1 heterocycles. The van der Waals surface area contributed by atoms with Crippen molar-refractivity contribution in [1.82, 2.24) is 10.2 Å². The summed E-state index contributed by atoms with van der Waals surface area (Å²) in [5, 5.41) is 11.7. The predicted molar refractivity (Wildman–Crippen MR) is 129 cm³/mol. The minimum atomic E-state index is -3.44. The van der Waals surface area contributed by atoms with Crippen molar-refractivity contribution < 1.29 is 32.6 Å². The van der Waals surface area contributed by atoms with E-state index < -0.39 is 52.1 Å². The van der Waals surface area contributed by atoms with Crippen molar-refractivity contribution in [3.8, 4) is 11.1 Å². The molecule has 1 saturated heterocycles. The molecule has 0 spiro atoms. The number of carbonyl (C=O) groups excluding carboxylic acids is 2. The topological polar surface area (TPSA) is 130 Å². The van der Waals surface area contributed by atoms with Crippen LogP contribution < -0.4 is 5.32 Å². The number of carboxylic acids is 1. The highest BCUT2D eigenvalue weighted by Gasteiger charge is 2.38. The maximum atomic E-state index is 13.1. The number of sulfone groups is 1. The van der Waals surface area contributed by atoms with E-state index in [4.69, 9.17) is 9.84 Å². The van der Waals surface area contributed by atoms with Crippen molar-refractivity contribution in [2.45, 2.75) is 37.8 Å². The van der Waals surface area contributed by atoms with E-state index in [1.807, 2.05) is 48.5 Å². The van der Waals surface area contributed by atoms with Crippen LogP contribution in [0, 0.1) is 0 Å². The van der Waals surface area contributed by atoms with Crippen LogP contribution in [0.3, 0.4) is 0 Å². The molecule has 0 bridgehead atoms. The molecule has 1 aliphatic heterocycles. The van der Waals surface area contributed by atoms with Crippen LogP contribution in [0.1, 0.15) is 36.8 Å². The number of ether oxygens (including phenoxy) is 1. The first-order chi connectivity index (χ1) is 16.7. The van der Waals surface area contributed by atoms with Crippen LogP contribution in [-0.4, -0.2) is 73.1 Å². The van der Waals surface area contributed by atoms with Crippen LogP contribution in [0.2, 0.25) is 0 Å². The van der Waals surface area contributed by atoms with Gasteiger partial charge in [0.05, 0.1) is 24.0 Å². The van der Waals surface area contributed by atoms with Gasteiger partial charge < -0.3 is 20.1 Å². The monoisotopic (exact) mass is 500 g/mol. The minimum Gasteiger partial charge on any atom is -0.481 e. The molecule has 0 saturated carbocycles. The van der Waals surface area contributed by atoms with Crippen LogP contribution in [0.25, 0.3) is 11.1 Å². The molecule has 186 valence electrons. The standard InChI is InChI=1S/C25H28N2O7S/c1-2-22(24(30)27-11-12-35(32,33)15-16(27)13-23(28)29)26-25(31)34-14-21-19-9-5-3-7-17(19)18-8-4-6-10-20(18)21/h3-10,16,21-22H,2,11-15H2,1H3,(H,26,31)(H,28,29). The highest BCUT2D eigenvalue weighted by atomic mass is 32.2. The Bertz CT molecular complexity index is 1200. The number of hydrogen-bond acceptors (Lipinski definition) is 6. The first-order valence-corrected chi connectivity index (χ1v) is 13.4. The molecule has 2 unspecified atom stereocenters. The van der Waals surface area contributed by atoms with Gasteiger partial charge in [0, 0.05) is 12.5 Å². The number of carbonyl (C=O) groups is 3. The molecule has 10 heteroatoms. The minimum absolute atomic E-state index is 0.0914. The quantitative estimate of drug-likeness (QED) is 0.597. The number of amides is 2. The highest BCUT2D eigenvalue weighted by molar-refractivity contribution is 7.91. The van der Waals surface area contributed by atoms with Gasteiger partial charge >= 0.3 is 12.1 Å². The van der Waals surface area contributed by atoms with E-state index in [0.29, 0.717) is 0 Å². The molecule has 2 aromatic rings. The summed E-state index contributed by atoms with van der Waals surface area (Å²) in [6.45, 7) is 1.69. The molecule has 2 aliphatic rings. The van der Waals surface area contributed by atoms with Crippen LogP contribution in [0.15, 0.2) is 48.5 Å². The average molecular weight is 501 g/mol. The zero-order chi connectivity index (χ0) is 25.2. The van der Waals surface area contributed by atoms with Crippen molar-refractivity contribution in [2.75, 3.05) is 24.7 Å². The smallest absolute Gasteiger partial charge is 0.407 e. The fraction of sp³-hybridized carbons (Fsp3) is 0.400. The van der Waals surface area contributed by atoms with Gasteiger partial charge in [-0.05, 0) is 28.7 Å². The second-order valence-electron chi connectivity index (χ2n) is 8.83. The van der Waals surface area contributed by atoms with E-state index in [2.05, 4.69) is 5.32 Å². The summed E-state index contributed by atoms with van der Waals surface area (Å²) in [4.78, 5) is 38.3. The van der Waals surface area contributed by atoms with E-state index in [-0.39, 0.29) is 31.2 Å². The van der Waals surface area contributed by atoms with Crippen LogP contribution in [-0.2, 0) is 24.2 Å². The van der Waals surface area contributed by atoms with Crippen molar-refractivity contribution in [3.05, 3.63) is 59.7 Å². The Balaban J connectivity index is 1.42. The zero-order valence-electron chi connectivity index (χ0n) is 19.3. The maximum Gasteiger partial charge on any atom is 0.407 e. The number of aliphatic carboxylic acids is 1. The van der Waals surface area contributed by atoms with Gasteiger partial charge in [0.1, 0.15) is 12.6 Å². The molecular weight excluding hydrogens is 472 g/mol. The van der Waals surface area contributed by atoms with E-state index in [1.54, 1.807) is 6.92 Å². The number of nitrogens with zero attached hydrogens (tertiary/aromatic N) is 1. The van der Waals surface area contributed by atoms with Gasteiger partial charge in [0.2, 0.25) is 5.91 Å². The van der Waals surface area contributed by atoms with Crippen LogP contribution in [0.4, 0.5) is 4.79 Å². The third kappa shape index (κ3) is 5.32. The largest absolute Gasteiger partial charge is 0.481 e. The van der Waals surface area contributed by atoms with E-state index >= 15 is 0 Å². The molecule has 1 aliphatic carbocycles. The predicted octanol–water partition coefficient (Wildman–Crippen LogP) is 2.40. The first-order valence-electron chi connectivity index (χ1n) is 11.5. The number of fused-ring (bicyclic) bond motifs is 3. The zero-order valence-corrected chi connectivity index (χ0v) is 20.2. The lowest BCUT2D eigenvalue weighted by Gasteiger charge is -2.36. The lowest BCUT2D eigenvalue weighted by atomic mass is 9.98. The van der Waals surface area contributed by atoms with Gasteiger partial charge in [-0.25, -0.2) is 13.2 Å². The van der Waals surface area contributed by atoms with Gasteiger partial charge in [-0.1, -0.05) is 55.5 Å². The number of rotatable bonds is 7. The molecular formula is C25H28N2O7S. The number of hydrogen-bond donors (Lipinski definition) is 2. The first kappa shape index (κ1) is 24.7. The molecule has 2 amide bonds. The Morgan fingerprint density at radius 2 is 1.69 bits per heavy atom. The fourth-order valence-corrected chi connectivity index (χ4v) is 6.39. The second kappa shape index (κ2) is 10.1. The third-order valence-electron chi connectivity index (χ3n) is 6.57. The lowest BCUT2D eigenvalue weighted by Crippen LogP contribution is -2.57. The summed E-state index contributed by atoms with van der Waals surface area (Å²) in [6.07, 6.45) is -0.996. The van der Waals surface area contributed by atoms with Gasteiger partial charge in [-0.2, -0.15) is 0 Å². The van der Waals surface area contributed by atoms with E-state index in [1.165, 1.54) is 4.90 Å². The van der Waals surface area contributed by atoms with Crippen molar-refractivity contribution >= 4 is 27.8 Å². The molecule has 0 aromatic heterocycles. The highest BCUT2D eigenvalue weighted by Crippen LogP contribution is 2.44. The molecule has 0 radical (unpaired) electrons. The fourth-order valence-electron chi connectivity index (χ4n) is 4.87. The van der Waals surface area contributed by atoms with Gasteiger partial charge in [-0.15, -0.1) is 0 Å². The van der Waals surface area contributed by atoms with Gasteiger partial charge in [0.15, 0.2) is 9.84 Å². The van der Waals surface area contributed by atoms with E-state index in [0.717, 1.165) is 22.3 Å². The normalized spacial score (nSPS) is 19.3. The van der Waals surface area contributed by atoms with Crippen LogP contribution in [0.5, 0.6) is 0 Å². The summed E-state index contributed by atoms with van der Waals surface area (Å²) in [6, 6.07) is 14.0. The van der Waals surface area contributed by atoms with Crippen LogP contribution >= 0.6 is 0 Å². The third-order valence-corrected chi connectivity index (χ3v) is 8.26. The Morgan fingerprint density at radius 3 is 2.26 bits per heavy atom. The Kier molecular flexibility index (Phi) is 7.11. The molecule has 4 rings (SSSR count). The average Bonchev–Trinajstić information content (AvgIpc) is 3.14. The molecule has 1 fully saturated rings. The molecule has 2 atom stereocenters. The number of carboxylic acid groups (broad SMARTS) is 1. The number of nitrogens with one attached hydrogen (secondary N) is 1. The SMILES string of the molecule is CCC(NC(=O)OCC1c2ccccc2-c2ccccc21)C(=O)N1CCS(=O)(=O)CC1CC(=O)O. The lowest BCUT2D eigenvalue weighted by molar-refractivity contribution is -0.141. The Hall–Kier alpha value is -3.40. The number of alkyl carbamates (subject to hydrolysis) is 1. The Morgan fingerprint density at radius 1 is 1.09 bits per heavy atom. The van der Waals surface area contributed by atoms with E-state index in [9.17, 15) is 22.8 Å². The molecule has 2 aromatic carbocycles. The summed E-state index contributed by atoms with van der Waals surface area (Å²) in [5.74, 6) is -2.48. The second-order valence-corrected chi connectivity index (χ2v) is 11.1. The van der Waals surface area contributed by atoms with Crippen molar-refractivity contribution in [3.63, 3.8) is 0 Å². The van der Waals surface area contributed by atoms with Crippen molar-refractivity contribution in [2.24, 2.45) is 0 Å². The Labute approximate surface area is 204 Å².